The minimum absolute atomic E-state index is 0.0264. The van der Waals surface area contributed by atoms with Crippen LogP contribution in [0.4, 0.5) is 0 Å². The van der Waals surface area contributed by atoms with Crippen LogP contribution in [-0.2, 0) is 19.6 Å². The first kappa shape index (κ1) is 24.7. The van der Waals surface area contributed by atoms with Crippen LogP contribution < -0.4 is 0 Å². The lowest BCUT2D eigenvalue weighted by Crippen LogP contribution is -2.60. The zero-order valence-electron chi connectivity index (χ0n) is 21.6. The summed E-state index contributed by atoms with van der Waals surface area (Å²) >= 11 is 0. The number of hydrogen-bond donors (Lipinski definition) is 2. The average Bonchev–Trinajstić information content (AvgIpc) is 3.59. The predicted octanol–water partition coefficient (Wildman–Crippen LogP) is 4.06. The molecule has 3 aromatic rings. The Morgan fingerprint density at radius 1 is 0.972 bits per heavy atom. The van der Waals surface area contributed by atoms with Gasteiger partial charge in [0.2, 0.25) is 0 Å². The van der Waals surface area contributed by atoms with Gasteiger partial charge in [-0.05, 0) is 61.9 Å². The maximum atomic E-state index is 13.3. The number of piperidine rings is 1. The SMILES string of the molecule is CCC(CC)N1CCC2(CC1)CN(Cc1ccc(C(=O)N(Cc3ncc[nH]3)Cc3ncc[nH]3)cc1)C2. The molecule has 0 atom stereocenters. The molecule has 2 N–H and O–H groups in total. The first-order chi connectivity index (χ1) is 17.6. The van der Waals surface area contributed by atoms with E-state index >= 15 is 0 Å². The normalized spacial score (nSPS) is 18.0. The molecule has 192 valence electrons. The molecule has 8 heteroatoms. The monoisotopic (exact) mass is 489 g/mol. The van der Waals surface area contributed by atoms with Crippen molar-refractivity contribution in [1.82, 2.24) is 34.6 Å². The third kappa shape index (κ3) is 5.55. The topological polar surface area (TPSA) is 84.2 Å². The van der Waals surface area contributed by atoms with E-state index in [0.717, 1.165) is 24.2 Å². The van der Waals surface area contributed by atoms with E-state index in [1.54, 1.807) is 29.7 Å². The Labute approximate surface area is 214 Å². The van der Waals surface area contributed by atoms with Crippen molar-refractivity contribution >= 4 is 5.91 Å². The summed E-state index contributed by atoms with van der Waals surface area (Å²) < 4.78 is 0. The molecule has 2 aliphatic heterocycles. The number of nitrogens with one attached hydrogen (secondary N) is 2. The largest absolute Gasteiger partial charge is 0.347 e. The zero-order chi connectivity index (χ0) is 25.0. The Hall–Kier alpha value is -2.97. The maximum Gasteiger partial charge on any atom is 0.254 e. The summed E-state index contributed by atoms with van der Waals surface area (Å²) in [5, 5.41) is 0. The molecular weight excluding hydrogens is 450 g/mol. The summed E-state index contributed by atoms with van der Waals surface area (Å²) in [4.78, 5) is 35.2. The number of benzene rings is 1. The van der Waals surface area contributed by atoms with Crippen LogP contribution >= 0.6 is 0 Å². The van der Waals surface area contributed by atoms with Crippen molar-refractivity contribution in [2.45, 2.75) is 65.2 Å². The molecule has 1 spiro atoms. The maximum absolute atomic E-state index is 13.3. The van der Waals surface area contributed by atoms with Crippen molar-refractivity contribution in [2.75, 3.05) is 26.2 Å². The number of imidazole rings is 2. The smallest absolute Gasteiger partial charge is 0.254 e. The molecule has 2 saturated heterocycles. The summed E-state index contributed by atoms with van der Waals surface area (Å²) in [6.07, 6.45) is 12.1. The van der Waals surface area contributed by atoms with Gasteiger partial charge in [-0.15, -0.1) is 0 Å². The molecule has 0 bridgehead atoms. The van der Waals surface area contributed by atoms with Crippen LogP contribution in [0.1, 0.15) is 67.1 Å². The fourth-order valence-electron chi connectivity index (χ4n) is 6.02. The highest BCUT2D eigenvalue weighted by Crippen LogP contribution is 2.41. The van der Waals surface area contributed by atoms with Crippen molar-refractivity contribution in [3.05, 3.63) is 71.8 Å². The van der Waals surface area contributed by atoms with Crippen LogP contribution in [-0.4, -0.2) is 72.8 Å². The number of hydrogen-bond acceptors (Lipinski definition) is 5. The molecule has 2 aromatic heterocycles. The van der Waals surface area contributed by atoms with Gasteiger partial charge in [-0.2, -0.15) is 0 Å². The Kier molecular flexibility index (Phi) is 7.53. The lowest BCUT2D eigenvalue weighted by atomic mass is 9.71. The third-order valence-corrected chi connectivity index (χ3v) is 8.12. The molecule has 1 aromatic carbocycles. The number of rotatable bonds is 10. The van der Waals surface area contributed by atoms with Crippen LogP contribution in [0.3, 0.4) is 0 Å². The van der Waals surface area contributed by atoms with Gasteiger partial charge in [0.25, 0.3) is 5.91 Å². The second-order valence-corrected chi connectivity index (χ2v) is 10.6. The Balaban J connectivity index is 1.15. The lowest BCUT2D eigenvalue weighted by Gasteiger charge is -2.55. The van der Waals surface area contributed by atoms with E-state index in [2.05, 4.69) is 55.7 Å². The van der Waals surface area contributed by atoms with Gasteiger partial charge in [-0.25, -0.2) is 9.97 Å². The van der Waals surface area contributed by atoms with E-state index in [4.69, 9.17) is 0 Å². The number of aromatic nitrogens is 4. The highest BCUT2D eigenvalue weighted by molar-refractivity contribution is 5.94. The van der Waals surface area contributed by atoms with Gasteiger partial charge in [0.15, 0.2) is 0 Å². The predicted molar refractivity (Wildman–Crippen MR) is 140 cm³/mol. The highest BCUT2D eigenvalue weighted by atomic mass is 16.2. The molecule has 2 aliphatic rings. The van der Waals surface area contributed by atoms with Crippen molar-refractivity contribution in [3.63, 3.8) is 0 Å². The number of amides is 1. The summed E-state index contributed by atoms with van der Waals surface area (Å²) in [6.45, 7) is 11.3. The number of H-pyrrole nitrogens is 2. The van der Waals surface area contributed by atoms with Crippen molar-refractivity contribution in [1.29, 1.82) is 0 Å². The minimum Gasteiger partial charge on any atom is -0.347 e. The van der Waals surface area contributed by atoms with Gasteiger partial charge in [0.1, 0.15) is 11.6 Å². The number of nitrogens with zero attached hydrogens (tertiary/aromatic N) is 5. The van der Waals surface area contributed by atoms with Crippen molar-refractivity contribution < 1.29 is 4.79 Å². The van der Waals surface area contributed by atoms with Crippen LogP contribution in [0, 0.1) is 5.41 Å². The second kappa shape index (κ2) is 11.0. The first-order valence-corrected chi connectivity index (χ1v) is 13.4. The summed E-state index contributed by atoms with van der Waals surface area (Å²) in [5.41, 5.74) is 2.47. The van der Waals surface area contributed by atoms with Crippen LogP contribution in [0.2, 0.25) is 0 Å². The van der Waals surface area contributed by atoms with Crippen molar-refractivity contribution in [3.8, 4) is 0 Å². The number of aromatic amines is 2. The number of likely N-dealkylation sites (tertiary alicyclic amines) is 2. The molecule has 0 aliphatic carbocycles. The van der Waals surface area contributed by atoms with E-state index in [1.807, 2.05) is 12.1 Å². The minimum atomic E-state index is -0.0264. The fraction of sp³-hybridized carbons (Fsp3) is 0.536. The lowest BCUT2D eigenvalue weighted by molar-refractivity contribution is -0.0585. The molecule has 36 heavy (non-hydrogen) atoms. The average molecular weight is 490 g/mol. The molecule has 8 nitrogen and oxygen atoms in total. The van der Waals surface area contributed by atoms with E-state index in [9.17, 15) is 4.79 Å². The molecule has 4 heterocycles. The van der Waals surface area contributed by atoms with Crippen LogP contribution in [0.25, 0.3) is 0 Å². The van der Waals surface area contributed by atoms with E-state index in [0.29, 0.717) is 24.1 Å². The zero-order valence-corrected chi connectivity index (χ0v) is 21.6. The van der Waals surface area contributed by atoms with Crippen LogP contribution in [0.15, 0.2) is 49.1 Å². The van der Waals surface area contributed by atoms with E-state index in [-0.39, 0.29) is 5.91 Å². The third-order valence-electron chi connectivity index (χ3n) is 8.12. The van der Waals surface area contributed by atoms with E-state index in [1.165, 1.54) is 57.4 Å². The Bertz CT molecular complexity index is 1040. The second-order valence-electron chi connectivity index (χ2n) is 10.6. The number of carbonyl (C=O) groups is 1. The fourth-order valence-corrected chi connectivity index (χ4v) is 6.02. The van der Waals surface area contributed by atoms with Gasteiger partial charge in [-0.1, -0.05) is 26.0 Å². The molecule has 5 rings (SSSR count). The molecule has 2 fully saturated rings. The van der Waals surface area contributed by atoms with Gasteiger partial charge in [0.05, 0.1) is 13.1 Å². The number of carbonyl (C=O) groups excluding carboxylic acids is 1. The van der Waals surface area contributed by atoms with Gasteiger partial charge in [0, 0.05) is 56.0 Å². The van der Waals surface area contributed by atoms with Crippen molar-refractivity contribution in [2.24, 2.45) is 5.41 Å². The molecule has 0 unspecified atom stereocenters. The van der Waals surface area contributed by atoms with Gasteiger partial charge >= 0.3 is 0 Å². The quantitative estimate of drug-likeness (QED) is 0.449. The highest BCUT2D eigenvalue weighted by Gasteiger charge is 2.45. The summed E-state index contributed by atoms with van der Waals surface area (Å²) in [6, 6.07) is 8.88. The Morgan fingerprint density at radius 2 is 1.56 bits per heavy atom. The van der Waals surface area contributed by atoms with Crippen LogP contribution in [0.5, 0.6) is 0 Å². The molecule has 1 amide bonds. The van der Waals surface area contributed by atoms with Gasteiger partial charge < -0.3 is 19.8 Å². The molecular formula is C28H39N7O. The summed E-state index contributed by atoms with van der Waals surface area (Å²) in [5.74, 6) is 1.48. The van der Waals surface area contributed by atoms with E-state index < -0.39 is 0 Å². The Morgan fingerprint density at radius 3 is 2.06 bits per heavy atom. The standard InChI is InChI=1S/C28H39N7O/c1-3-24(4-2)34-15-9-28(10-16-34)20-33(21-28)17-22-5-7-23(8-6-22)27(36)35(18-25-29-11-12-30-25)19-26-31-13-14-32-26/h5-8,11-14,24H,3-4,9-10,15-21H2,1-2H3,(H,29,30)(H,31,32). The molecule has 0 radical (unpaired) electrons. The van der Waals surface area contributed by atoms with Gasteiger partial charge in [-0.3, -0.25) is 9.69 Å². The molecule has 0 saturated carbocycles. The summed E-state index contributed by atoms with van der Waals surface area (Å²) in [7, 11) is 0. The first-order valence-electron chi connectivity index (χ1n) is 13.4.